The van der Waals surface area contributed by atoms with Crippen molar-refractivity contribution in [2.45, 2.75) is 44.9 Å². The van der Waals surface area contributed by atoms with Gasteiger partial charge in [-0.1, -0.05) is 6.07 Å². The predicted octanol–water partition coefficient (Wildman–Crippen LogP) is 1.78. The van der Waals surface area contributed by atoms with Crippen LogP contribution in [0.5, 0.6) is 0 Å². The van der Waals surface area contributed by atoms with Gasteiger partial charge in [0.05, 0.1) is 5.88 Å². The molecule has 140 valence electrons. The number of ether oxygens (including phenoxy) is 1. The van der Waals surface area contributed by atoms with E-state index in [1.165, 1.54) is 16.7 Å². The van der Waals surface area contributed by atoms with Crippen LogP contribution in [0.25, 0.3) is 0 Å². The van der Waals surface area contributed by atoms with E-state index in [9.17, 15) is 14.4 Å². The molecule has 2 aliphatic rings. The second-order valence-electron chi connectivity index (χ2n) is 6.64. The monoisotopic (exact) mass is 378 g/mol. The average molecular weight is 378 g/mol. The fourth-order valence-electron chi connectivity index (χ4n) is 3.11. The number of carbonyl (C=O) groups excluding carboxylic acids is 2. The largest absolute Gasteiger partial charge is 0.479 e. The molecule has 3 rings (SSSR count). The third-order valence-electron chi connectivity index (χ3n) is 4.81. The highest BCUT2D eigenvalue weighted by Crippen LogP contribution is 2.28. The van der Waals surface area contributed by atoms with Crippen molar-refractivity contribution in [2.75, 3.05) is 16.9 Å². The lowest BCUT2D eigenvalue weighted by molar-refractivity contribution is -0.155. The van der Waals surface area contributed by atoms with Gasteiger partial charge in [-0.25, -0.2) is 4.79 Å². The van der Waals surface area contributed by atoms with Crippen molar-refractivity contribution in [3.63, 3.8) is 0 Å². The van der Waals surface area contributed by atoms with Crippen LogP contribution in [0.15, 0.2) is 18.2 Å². The summed E-state index contributed by atoms with van der Waals surface area (Å²) >= 11 is 1.50. The Kier molecular flexibility index (Phi) is 5.52. The minimum atomic E-state index is -1.06. The van der Waals surface area contributed by atoms with Gasteiger partial charge in [0.2, 0.25) is 5.91 Å². The summed E-state index contributed by atoms with van der Waals surface area (Å²) < 4.78 is 5.34. The minimum absolute atomic E-state index is 0.237. The second kappa shape index (κ2) is 7.67. The number of rotatable bonds is 4. The van der Waals surface area contributed by atoms with Crippen LogP contribution in [-0.2, 0) is 19.1 Å². The van der Waals surface area contributed by atoms with Crippen LogP contribution in [0, 0.1) is 13.8 Å². The number of carboxylic acid groups (broad SMARTS) is 1. The topological polar surface area (TPSA) is 95.9 Å². The third-order valence-corrected chi connectivity index (χ3v) is 5.83. The highest BCUT2D eigenvalue weighted by molar-refractivity contribution is 7.99. The molecule has 2 N–H and O–H groups in total. The zero-order valence-corrected chi connectivity index (χ0v) is 15.5. The number of nitrogens with one attached hydrogen (secondary N) is 1. The summed E-state index contributed by atoms with van der Waals surface area (Å²) in [6.45, 7) is 3.98. The quantitative estimate of drug-likeness (QED) is 0.829. The number of thioether (sulfide) groups is 1. The first-order chi connectivity index (χ1) is 12.4. The molecule has 1 unspecified atom stereocenters. The summed E-state index contributed by atoms with van der Waals surface area (Å²) in [4.78, 5) is 37.9. The molecule has 2 heterocycles. The second-order valence-corrected chi connectivity index (χ2v) is 7.64. The Morgan fingerprint density at radius 1 is 1.19 bits per heavy atom. The number of aliphatic carboxylic acids is 1. The fraction of sp³-hybridized carbons (Fsp3) is 0.500. The van der Waals surface area contributed by atoms with Crippen molar-refractivity contribution in [1.29, 1.82) is 0 Å². The molecule has 0 spiro atoms. The maximum absolute atomic E-state index is 12.7. The van der Waals surface area contributed by atoms with Crippen LogP contribution in [0.3, 0.4) is 0 Å². The molecule has 0 aliphatic carbocycles. The summed E-state index contributed by atoms with van der Waals surface area (Å²) in [5, 5.41) is 11.9. The van der Waals surface area contributed by atoms with E-state index in [2.05, 4.69) is 5.32 Å². The molecule has 2 fully saturated rings. The van der Waals surface area contributed by atoms with Crippen LogP contribution >= 0.6 is 11.8 Å². The first-order valence-electron chi connectivity index (χ1n) is 8.51. The lowest BCUT2D eigenvalue weighted by Crippen LogP contribution is -2.48. The van der Waals surface area contributed by atoms with Crippen LogP contribution < -0.4 is 5.32 Å². The molecule has 8 heteroatoms. The van der Waals surface area contributed by atoms with E-state index in [0.717, 1.165) is 11.1 Å². The Bertz CT molecular complexity index is 738. The Hall–Kier alpha value is -2.06. The number of hydrogen-bond donors (Lipinski definition) is 2. The molecule has 7 nitrogen and oxygen atoms in total. The van der Waals surface area contributed by atoms with Crippen molar-refractivity contribution in [2.24, 2.45) is 0 Å². The van der Waals surface area contributed by atoms with Gasteiger partial charge in [0.25, 0.3) is 5.91 Å². The number of benzene rings is 1. The molecule has 3 atom stereocenters. The Morgan fingerprint density at radius 3 is 2.58 bits per heavy atom. The lowest BCUT2D eigenvalue weighted by atomic mass is 10.1. The molecule has 2 saturated heterocycles. The predicted molar refractivity (Wildman–Crippen MR) is 98.0 cm³/mol. The van der Waals surface area contributed by atoms with E-state index in [1.54, 1.807) is 0 Å². The summed E-state index contributed by atoms with van der Waals surface area (Å²) in [7, 11) is 0. The van der Waals surface area contributed by atoms with Gasteiger partial charge < -0.3 is 20.1 Å². The molecule has 0 bridgehead atoms. The number of amides is 2. The first kappa shape index (κ1) is 18.7. The van der Waals surface area contributed by atoms with Gasteiger partial charge in [-0.05, 0) is 49.9 Å². The first-order valence-corrected chi connectivity index (χ1v) is 9.67. The van der Waals surface area contributed by atoms with E-state index in [-0.39, 0.29) is 11.8 Å². The fourth-order valence-corrected chi connectivity index (χ4v) is 4.27. The molecule has 0 saturated carbocycles. The van der Waals surface area contributed by atoms with Crippen molar-refractivity contribution in [1.82, 2.24) is 4.90 Å². The molecule has 2 amide bonds. The Labute approximate surface area is 156 Å². The van der Waals surface area contributed by atoms with Gasteiger partial charge in [-0.3, -0.25) is 9.59 Å². The Morgan fingerprint density at radius 2 is 1.92 bits per heavy atom. The number of carbonyl (C=O) groups is 3. The lowest BCUT2D eigenvalue weighted by Gasteiger charge is -2.25. The van der Waals surface area contributed by atoms with Crippen LogP contribution in [0.1, 0.15) is 24.0 Å². The van der Waals surface area contributed by atoms with E-state index >= 15 is 0 Å². The van der Waals surface area contributed by atoms with E-state index in [0.29, 0.717) is 30.2 Å². The van der Waals surface area contributed by atoms with Gasteiger partial charge in [0.15, 0.2) is 6.10 Å². The van der Waals surface area contributed by atoms with Crippen LogP contribution in [0.4, 0.5) is 5.69 Å². The maximum Gasteiger partial charge on any atom is 0.332 e. The summed E-state index contributed by atoms with van der Waals surface area (Å²) in [6.07, 6.45) is -1.05. The zero-order chi connectivity index (χ0) is 18.8. The van der Waals surface area contributed by atoms with Gasteiger partial charge in [-0.15, -0.1) is 11.8 Å². The SMILES string of the molecule is Cc1ccc(NC(=O)C2CSCN2C(=O)[C@@H]2CC[C@H](C(=O)O)O2)cc1C. The molecule has 1 aromatic rings. The number of hydrogen-bond acceptors (Lipinski definition) is 5. The number of nitrogens with zero attached hydrogens (tertiary/aromatic N) is 1. The number of anilines is 1. The zero-order valence-electron chi connectivity index (χ0n) is 14.7. The summed E-state index contributed by atoms with van der Waals surface area (Å²) in [5.74, 6) is -0.683. The van der Waals surface area contributed by atoms with Crippen molar-refractivity contribution in [3.8, 4) is 0 Å². The molecule has 1 aromatic carbocycles. The third kappa shape index (κ3) is 3.86. The van der Waals surface area contributed by atoms with Gasteiger partial charge in [0, 0.05) is 11.4 Å². The van der Waals surface area contributed by atoms with Gasteiger partial charge in [0.1, 0.15) is 12.1 Å². The van der Waals surface area contributed by atoms with E-state index in [1.807, 2.05) is 32.0 Å². The summed E-state index contributed by atoms with van der Waals surface area (Å²) in [6, 6.07) is 5.10. The molecule has 26 heavy (non-hydrogen) atoms. The van der Waals surface area contributed by atoms with Crippen molar-refractivity contribution in [3.05, 3.63) is 29.3 Å². The van der Waals surface area contributed by atoms with Gasteiger partial charge in [-0.2, -0.15) is 0 Å². The molecular formula is C18H22N2O5S. The van der Waals surface area contributed by atoms with Gasteiger partial charge >= 0.3 is 5.97 Å². The molecule has 0 aromatic heterocycles. The highest BCUT2D eigenvalue weighted by Gasteiger charge is 2.42. The van der Waals surface area contributed by atoms with Crippen molar-refractivity contribution < 1.29 is 24.2 Å². The minimum Gasteiger partial charge on any atom is -0.479 e. The normalized spacial score (nSPS) is 25.3. The van der Waals surface area contributed by atoms with E-state index < -0.39 is 24.2 Å². The van der Waals surface area contributed by atoms with Crippen LogP contribution in [-0.4, -0.2) is 57.7 Å². The number of carboxylic acids is 1. The molecule has 2 aliphatic heterocycles. The standard InChI is InChI=1S/C18H22N2O5S/c1-10-3-4-12(7-11(10)2)19-16(21)13-8-26-9-20(13)17(22)14-5-6-15(25-14)18(23)24/h3-4,7,13-15H,5-6,8-9H2,1-2H3,(H,19,21)(H,23,24)/t13?,14-,15+/m0/s1. The highest BCUT2D eigenvalue weighted by atomic mass is 32.2. The Balaban J connectivity index is 1.65. The summed E-state index contributed by atoms with van der Waals surface area (Å²) in [5.41, 5.74) is 2.92. The molecular weight excluding hydrogens is 356 g/mol. The average Bonchev–Trinajstić information content (AvgIpc) is 3.26. The number of aryl methyl sites for hydroxylation is 2. The maximum atomic E-state index is 12.7. The smallest absolute Gasteiger partial charge is 0.332 e. The van der Waals surface area contributed by atoms with Crippen molar-refractivity contribution >= 4 is 35.2 Å². The molecule has 0 radical (unpaired) electrons. The van der Waals surface area contributed by atoms with E-state index in [4.69, 9.17) is 9.84 Å². The van der Waals surface area contributed by atoms with Crippen LogP contribution in [0.2, 0.25) is 0 Å².